The molecule has 0 aromatic heterocycles. The first-order valence-corrected chi connectivity index (χ1v) is 6.94. The van der Waals surface area contributed by atoms with Gasteiger partial charge >= 0.3 is 0 Å². The van der Waals surface area contributed by atoms with Gasteiger partial charge in [0, 0.05) is 0 Å². The number of hydrogen-bond acceptors (Lipinski definition) is 5. The lowest BCUT2D eigenvalue weighted by atomic mass is 9.95. The van der Waals surface area contributed by atoms with Crippen LogP contribution in [0.3, 0.4) is 0 Å². The van der Waals surface area contributed by atoms with Crippen molar-refractivity contribution in [3.63, 3.8) is 0 Å². The summed E-state index contributed by atoms with van der Waals surface area (Å²) >= 11 is 0. The topological polar surface area (TPSA) is 73.9 Å². The van der Waals surface area contributed by atoms with Gasteiger partial charge in [0.1, 0.15) is 0 Å². The van der Waals surface area contributed by atoms with Crippen LogP contribution in [0.4, 0.5) is 0 Å². The van der Waals surface area contributed by atoms with E-state index < -0.39 is 12.1 Å². The summed E-state index contributed by atoms with van der Waals surface area (Å²) in [4.78, 5) is 0. The van der Waals surface area contributed by atoms with E-state index in [9.17, 15) is 5.11 Å². The zero-order chi connectivity index (χ0) is 14.7. The molecule has 1 heterocycles. The van der Waals surface area contributed by atoms with E-state index in [0.29, 0.717) is 29.6 Å². The molecule has 112 valence electrons. The molecule has 0 radical (unpaired) electrons. The summed E-state index contributed by atoms with van der Waals surface area (Å²) in [5.74, 6) is 2.34. The van der Waals surface area contributed by atoms with Crippen molar-refractivity contribution >= 4 is 0 Å². The van der Waals surface area contributed by atoms with Crippen LogP contribution < -0.4 is 19.9 Å². The van der Waals surface area contributed by atoms with Crippen LogP contribution in [0.5, 0.6) is 17.2 Å². The second-order valence-corrected chi connectivity index (χ2v) is 5.52. The minimum atomic E-state index is -0.581. The number of methoxy groups -OCH3 is 1. The van der Waals surface area contributed by atoms with Crippen molar-refractivity contribution in [3.8, 4) is 17.2 Å². The van der Waals surface area contributed by atoms with Gasteiger partial charge in [0.2, 0.25) is 12.5 Å². The Balaban J connectivity index is 2.15. The van der Waals surface area contributed by atoms with E-state index in [1.807, 2.05) is 6.07 Å². The SMILES string of the molecule is COc1cc([C@@H](N)[C@@H](O)CCC(C)C)cc2c1OCO2. The van der Waals surface area contributed by atoms with Crippen LogP contribution in [0.15, 0.2) is 12.1 Å². The number of benzene rings is 1. The van der Waals surface area contributed by atoms with E-state index in [4.69, 9.17) is 19.9 Å². The molecule has 2 rings (SSSR count). The molecule has 0 spiro atoms. The summed E-state index contributed by atoms with van der Waals surface area (Å²) in [6.07, 6.45) is 1.04. The second-order valence-electron chi connectivity index (χ2n) is 5.52. The molecule has 20 heavy (non-hydrogen) atoms. The van der Waals surface area contributed by atoms with Crippen molar-refractivity contribution < 1.29 is 19.3 Å². The van der Waals surface area contributed by atoms with Crippen LogP contribution in [0, 0.1) is 5.92 Å². The number of aliphatic hydroxyl groups excluding tert-OH is 1. The van der Waals surface area contributed by atoms with E-state index in [0.717, 1.165) is 12.0 Å². The van der Waals surface area contributed by atoms with Gasteiger partial charge < -0.3 is 25.1 Å². The van der Waals surface area contributed by atoms with Crippen molar-refractivity contribution in [2.24, 2.45) is 11.7 Å². The fourth-order valence-corrected chi connectivity index (χ4v) is 2.25. The van der Waals surface area contributed by atoms with Crippen LogP contribution in [0.2, 0.25) is 0 Å². The molecule has 0 bridgehead atoms. The number of hydrogen-bond donors (Lipinski definition) is 2. The first-order chi connectivity index (χ1) is 9.52. The van der Waals surface area contributed by atoms with Gasteiger partial charge in [-0.2, -0.15) is 0 Å². The van der Waals surface area contributed by atoms with Crippen LogP contribution in [0.25, 0.3) is 0 Å². The molecule has 1 aliphatic heterocycles. The van der Waals surface area contributed by atoms with Gasteiger partial charge in [-0.1, -0.05) is 13.8 Å². The highest BCUT2D eigenvalue weighted by molar-refractivity contribution is 5.55. The molecular weight excluding hydrogens is 258 g/mol. The lowest BCUT2D eigenvalue weighted by molar-refractivity contribution is 0.128. The van der Waals surface area contributed by atoms with Gasteiger partial charge in [-0.3, -0.25) is 0 Å². The van der Waals surface area contributed by atoms with E-state index in [1.54, 1.807) is 13.2 Å². The predicted molar refractivity (Wildman–Crippen MR) is 76.1 cm³/mol. The van der Waals surface area contributed by atoms with Crippen molar-refractivity contribution in [1.82, 2.24) is 0 Å². The Labute approximate surface area is 119 Å². The monoisotopic (exact) mass is 281 g/mol. The minimum absolute atomic E-state index is 0.181. The molecule has 1 aliphatic rings. The summed E-state index contributed by atoms with van der Waals surface area (Å²) in [6.45, 7) is 4.43. The maximum atomic E-state index is 10.2. The average Bonchev–Trinajstić information content (AvgIpc) is 2.90. The highest BCUT2D eigenvalue weighted by Crippen LogP contribution is 2.43. The number of rotatable bonds is 6. The molecule has 2 atom stereocenters. The Morgan fingerprint density at radius 2 is 2.05 bits per heavy atom. The standard InChI is InChI=1S/C15H23NO4/c1-9(2)4-5-11(17)14(16)10-6-12(18-3)15-13(7-10)19-8-20-15/h6-7,9,11,14,17H,4-5,8,16H2,1-3H3/t11-,14+/m0/s1. The maximum absolute atomic E-state index is 10.2. The van der Waals surface area contributed by atoms with Gasteiger partial charge in [0.05, 0.1) is 19.3 Å². The Hall–Kier alpha value is -1.46. The molecular formula is C15H23NO4. The first-order valence-electron chi connectivity index (χ1n) is 6.94. The Morgan fingerprint density at radius 1 is 1.30 bits per heavy atom. The van der Waals surface area contributed by atoms with Crippen LogP contribution in [-0.2, 0) is 0 Å². The minimum Gasteiger partial charge on any atom is -0.493 e. The highest BCUT2D eigenvalue weighted by Gasteiger charge is 2.24. The third-order valence-electron chi connectivity index (χ3n) is 3.52. The summed E-state index contributed by atoms with van der Waals surface area (Å²) < 4.78 is 16.0. The summed E-state index contributed by atoms with van der Waals surface area (Å²) in [7, 11) is 1.57. The second kappa shape index (κ2) is 6.33. The van der Waals surface area contributed by atoms with Crippen molar-refractivity contribution in [3.05, 3.63) is 17.7 Å². The third-order valence-corrected chi connectivity index (χ3v) is 3.52. The average molecular weight is 281 g/mol. The predicted octanol–water partition coefficient (Wildman–Crippen LogP) is 2.22. The largest absolute Gasteiger partial charge is 0.493 e. The van der Waals surface area contributed by atoms with Crippen LogP contribution >= 0.6 is 0 Å². The van der Waals surface area contributed by atoms with Gasteiger partial charge in [-0.25, -0.2) is 0 Å². The smallest absolute Gasteiger partial charge is 0.231 e. The van der Waals surface area contributed by atoms with E-state index in [2.05, 4.69) is 13.8 Å². The Morgan fingerprint density at radius 3 is 2.70 bits per heavy atom. The molecule has 5 nitrogen and oxygen atoms in total. The molecule has 1 aromatic carbocycles. The van der Waals surface area contributed by atoms with Crippen LogP contribution in [-0.4, -0.2) is 25.1 Å². The lowest BCUT2D eigenvalue weighted by Gasteiger charge is -2.21. The van der Waals surface area contributed by atoms with Gasteiger partial charge in [0.25, 0.3) is 0 Å². The first kappa shape index (κ1) is 14.9. The highest BCUT2D eigenvalue weighted by atomic mass is 16.7. The van der Waals surface area contributed by atoms with Crippen molar-refractivity contribution in [1.29, 1.82) is 0 Å². The van der Waals surface area contributed by atoms with Crippen LogP contribution in [0.1, 0.15) is 38.3 Å². The van der Waals surface area contributed by atoms with Crippen molar-refractivity contribution in [2.45, 2.75) is 38.8 Å². The molecule has 0 aliphatic carbocycles. The molecule has 0 fully saturated rings. The molecule has 5 heteroatoms. The van der Waals surface area contributed by atoms with E-state index >= 15 is 0 Å². The summed E-state index contributed by atoms with van der Waals surface area (Å²) in [5, 5.41) is 10.2. The van der Waals surface area contributed by atoms with E-state index in [1.165, 1.54) is 0 Å². The quantitative estimate of drug-likeness (QED) is 0.836. The maximum Gasteiger partial charge on any atom is 0.231 e. The third kappa shape index (κ3) is 3.16. The van der Waals surface area contributed by atoms with Gasteiger partial charge in [-0.05, 0) is 36.5 Å². The van der Waals surface area contributed by atoms with E-state index in [-0.39, 0.29) is 6.79 Å². The number of ether oxygens (including phenoxy) is 3. The Bertz CT molecular complexity index is 461. The molecule has 1 aromatic rings. The van der Waals surface area contributed by atoms with Crippen molar-refractivity contribution in [2.75, 3.05) is 13.9 Å². The summed E-state index contributed by atoms with van der Waals surface area (Å²) in [5.41, 5.74) is 6.93. The molecule has 0 amide bonds. The number of nitrogens with two attached hydrogens (primary N) is 1. The fraction of sp³-hybridized carbons (Fsp3) is 0.600. The van der Waals surface area contributed by atoms with Gasteiger partial charge in [0.15, 0.2) is 11.5 Å². The van der Waals surface area contributed by atoms with Gasteiger partial charge in [-0.15, -0.1) is 0 Å². The molecule has 0 saturated carbocycles. The molecule has 0 saturated heterocycles. The normalized spacial score (nSPS) is 16.3. The lowest BCUT2D eigenvalue weighted by Crippen LogP contribution is -2.26. The zero-order valence-corrected chi connectivity index (χ0v) is 12.3. The summed E-state index contributed by atoms with van der Waals surface area (Å²) in [6, 6.07) is 3.15. The number of fused-ring (bicyclic) bond motifs is 1. The number of aliphatic hydroxyl groups is 1. The molecule has 3 N–H and O–H groups in total. The molecule has 0 unspecified atom stereocenters. The Kier molecular flexibility index (Phi) is 4.73. The zero-order valence-electron chi connectivity index (χ0n) is 12.3. The fourth-order valence-electron chi connectivity index (χ4n) is 2.25.